The predicted octanol–water partition coefficient (Wildman–Crippen LogP) is 1.37. The molecule has 0 saturated heterocycles. The zero-order valence-corrected chi connectivity index (χ0v) is 10.8. The van der Waals surface area contributed by atoms with Gasteiger partial charge in [-0.25, -0.2) is 4.98 Å². The molecule has 98 valence electrons. The molecule has 0 unspecified atom stereocenters. The summed E-state index contributed by atoms with van der Waals surface area (Å²) in [6, 6.07) is 7.15. The number of nitrogens with two attached hydrogens (primary N) is 1. The van der Waals surface area contributed by atoms with Crippen LogP contribution in [0, 0.1) is 0 Å². The monoisotopic (exact) mass is 256 g/mol. The second kappa shape index (κ2) is 5.95. The van der Waals surface area contributed by atoms with Crippen molar-refractivity contribution >= 4 is 11.7 Å². The third-order valence-corrected chi connectivity index (χ3v) is 2.86. The van der Waals surface area contributed by atoms with Crippen LogP contribution < -0.4 is 5.73 Å². The van der Waals surface area contributed by atoms with Crippen molar-refractivity contribution in [3.8, 4) is 0 Å². The van der Waals surface area contributed by atoms with Crippen molar-refractivity contribution in [2.45, 2.75) is 6.42 Å². The van der Waals surface area contributed by atoms with Gasteiger partial charge in [-0.2, -0.15) is 0 Å². The van der Waals surface area contributed by atoms with Gasteiger partial charge >= 0.3 is 0 Å². The number of rotatable bonds is 4. The summed E-state index contributed by atoms with van der Waals surface area (Å²) in [6.07, 6.45) is 5.84. The van der Waals surface area contributed by atoms with Crippen molar-refractivity contribution in [3.05, 3.63) is 54.0 Å². The Labute approximate surface area is 112 Å². The molecule has 0 fully saturated rings. The van der Waals surface area contributed by atoms with Crippen molar-refractivity contribution in [3.63, 3.8) is 0 Å². The Kier molecular flexibility index (Phi) is 4.07. The number of amides is 1. The maximum Gasteiger partial charge on any atom is 0.253 e. The molecule has 0 aliphatic heterocycles. The molecule has 5 heteroatoms. The molecule has 0 bridgehead atoms. The largest absolute Gasteiger partial charge is 0.384 e. The van der Waals surface area contributed by atoms with E-state index >= 15 is 0 Å². The van der Waals surface area contributed by atoms with Gasteiger partial charge < -0.3 is 10.6 Å². The van der Waals surface area contributed by atoms with Crippen molar-refractivity contribution in [1.82, 2.24) is 14.9 Å². The van der Waals surface area contributed by atoms with E-state index in [2.05, 4.69) is 9.97 Å². The van der Waals surface area contributed by atoms with E-state index in [9.17, 15) is 4.79 Å². The summed E-state index contributed by atoms with van der Waals surface area (Å²) >= 11 is 0. The highest BCUT2D eigenvalue weighted by atomic mass is 16.2. The molecule has 2 rings (SSSR count). The van der Waals surface area contributed by atoms with Crippen LogP contribution in [0.25, 0.3) is 0 Å². The first-order chi connectivity index (χ1) is 9.16. The van der Waals surface area contributed by atoms with Gasteiger partial charge in [0.2, 0.25) is 0 Å². The van der Waals surface area contributed by atoms with Crippen LogP contribution >= 0.6 is 0 Å². The fourth-order valence-corrected chi connectivity index (χ4v) is 1.75. The normalized spacial score (nSPS) is 10.2. The van der Waals surface area contributed by atoms with E-state index in [4.69, 9.17) is 5.73 Å². The minimum atomic E-state index is -0.0526. The van der Waals surface area contributed by atoms with E-state index in [0.717, 1.165) is 12.0 Å². The highest BCUT2D eigenvalue weighted by Gasteiger charge is 2.11. The van der Waals surface area contributed by atoms with Gasteiger partial charge in [-0.1, -0.05) is 0 Å². The molecule has 0 saturated carbocycles. The molecule has 0 aliphatic carbocycles. The van der Waals surface area contributed by atoms with E-state index in [1.54, 1.807) is 42.7 Å². The minimum Gasteiger partial charge on any atom is -0.384 e. The highest BCUT2D eigenvalue weighted by Crippen LogP contribution is 2.07. The van der Waals surface area contributed by atoms with E-state index in [0.29, 0.717) is 17.9 Å². The summed E-state index contributed by atoms with van der Waals surface area (Å²) in [4.78, 5) is 21.7. The maximum atomic E-state index is 12.1. The molecule has 0 aromatic carbocycles. The predicted molar refractivity (Wildman–Crippen MR) is 73.6 cm³/mol. The number of anilines is 1. The fraction of sp³-hybridized carbons (Fsp3) is 0.214. The Morgan fingerprint density at radius 2 is 2.00 bits per heavy atom. The standard InChI is InChI=1S/C14H16N4O/c1-18(9-5-11-2-6-16-7-3-11)14(19)12-4-8-17-13(15)10-12/h2-4,6-8,10H,5,9H2,1H3,(H2,15,17). The third kappa shape index (κ3) is 3.51. The fourth-order valence-electron chi connectivity index (χ4n) is 1.75. The van der Waals surface area contributed by atoms with Crippen LogP contribution in [0.15, 0.2) is 42.9 Å². The molecule has 19 heavy (non-hydrogen) atoms. The smallest absolute Gasteiger partial charge is 0.253 e. The quantitative estimate of drug-likeness (QED) is 0.896. The van der Waals surface area contributed by atoms with Gasteiger partial charge in [0.05, 0.1) is 0 Å². The van der Waals surface area contributed by atoms with Crippen molar-refractivity contribution in [1.29, 1.82) is 0 Å². The maximum absolute atomic E-state index is 12.1. The lowest BCUT2D eigenvalue weighted by Gasteiger charge is -2.17. The zero-order chi connectivity index (χ0) is 13.7. The average molecular weight is 256 g/mol. The lowest BCUT2D eigenvalue weighted by Crippen LogP contribution is -2.28. The van der Waals surface area contributed by atoms with Gasteiger partial charge in [-0.15, -0.1) is 0 Å². The van der Waals surface area contributed by atoms with Gasteiger partial charge in [0.25, 0.3) is 5.91 Å². The number of carbonyl (C=O) groups excluding carboxylic acids is 1. The Morgan fingerprint density at radius 1 is 1.26 bits per heavy atom. The number of hydrogen-bond acceptors (Lipinski definition) is 4. The summed E-state index contributed by atoms with van der Waals surface area (Å²) in [7, 11) is 1.78. The van der Waals surface area contributed by atoms with Crippen LogP contribution in [0.5, 0.6) is 0 Å². The summed E-state index contributed by atoms with van der Waals surface area (Å²) < 4.78 is 0. The summed E-state index contributed by atoms with van der Waals surface area (Å²) in [6.45, 7) is 0.644. The zero-order valence-electron chi connectivity index (χ0n) is 10.8. The van der Waals surface area contributed by atoms with Gasteiger partial charge in [0.15, 0.2) is 0 Å². The van der Waals surface area contributed by atoms with Crippen LogP contribution in [0.1, 0.15) is 15.9 Å². The molecule has 0 aliphatic rings. The molecule has 0 spiro atoms. The van der Waals surface area contributed by atoms with Gasteiger partial charge in [-0.3, -0.25) is 9.78 Å². The van der Waals surface area contributed by atoms with Crippen LogP contribution in [0.2, 0.25) is 0 Å². The Morgan fingerprint density at radius 3 is 2.68 bits per heavy atom. The number of pyridine rings is 2. The SMILES string of the molecule is CN(CCc1ccncc1)C(=O)c1ccnc(N)c1. The molecule has 2 N–H and O–H groups in total. The number of likely N-dealkylation sites (N-methyl/N-ethyl adjacent to an activating group) is 1. The van der Waals surface area contributed by atoms with Crippen LogP contribution in [0.3, 0.4) is 0 Å². The topological polar surface area (TPSA) is 72.1 Å². The number of carbonyl (C=O) groups is 1. The van der Waals surface area contributed by atoms with Gasteiger partial charge in [0.1, 0.15) is 5.82 Å². The van der Waals surface area contributed by atoms with Crippen LogP contribution in [0.4, 0.5) is 5.82 Å². The minimum absolute atomic E-state index is 0.0526. The molecule has 2 aromatic heterocycles. The first-order valence-corrected chi connectivity index (χ1v) is 6.02. The lowest BCUT2D eigenvalue weighted by molar-refractivity contribution is 0.0796. The molecule has 0 radical (unpaired) electrons. The van der Waals surface area contributed by atoms with Crippen LogP contribution in [-0.2, 0) is 6.42 Å². The number of hydrogen-bond donors (Lipinski definition) is 1. The Bertz CT molecular complexity index is 556. The van der Waals surface area contributed by atoms with Gasteiger partial charge in [-0.05, 0) is 36.2 Å². The highest BCUT2D eigenvalue weighted by molar-refractivity contribution is 5.94. The number of aromatic nitrogens is 2. The average Bonchev–Trinajstić information content (AvgIpc) is 2.45. The number of nitrogens with zero attached hydrogens (tertiary/aromatic N) is 3. The van der Waals surface area contributed by atoms with E-state index in [1.165, 1.54) is 0 Å². The summed E-state index contributed by atoms with van der Waals surface area (Å²) in [5.41, 5.74) is 7.29. The Balaban J connectivity index is 1.96. The molecule has 1 amide bonds. The molecule has 2 aromatic rings. The molecule has 5 nitrogen and oxygen atoms in total. The first kappa shape index (κ1) is 13.0. The lowest BCUT2D eigenvalue weighted by atomic mass is 10.2. The second-order valence-electron chi connectivity index (χ2n) is 4.30. The van der Waals surface area contributed by atoms with Crippen molar-refractivity contribution < 1.29 is 4.79 Å². The number of nitrogen functional groups attached to an aromatic ring is 1. The van der Waals surface area contributed by atoms with Gasteiger partial charge in [0, 0.05) is 37.7 Å². The molecule has 0 atom stereocenters. The molecular weight excluding hydrogens is 240 g/mol. The van der Waals surface area contributed by atoms with Crippen LogP contribution in [-0.4, -0.2) is 34.4 Å². The van der Waals surface area contributed by atoms with E-state index < -0.39 is 0 Å². The van der Waals surface area contributed by atoms with E-state index in [-0.39, 0.29) is 5.91 Å². The summed E-state index contributed by atoms with van der Waals surface area (Å²) in [5.74, 6) is 0.302. The third-order valence-electron chi connectivity index (χ3n) is 2.86. The Hall–Kier alpha value is -2.43. The first-order valence-electron chi connectivity index (χ1n) is 6.02. The van der Waals surface area contributed by atoms with Crippen molar-refractivity contribution in [2.24, 2.45) is 0 Å². The van der Waals surface area contributed by atoms with E-state index in [1.807, 2.05) is 12.1 Å². The molecule has 2 heterocycles. The summed E-state index contributed by atoms with van der Waals surface area (Å²) in [5, 5.41) is 0. The second-order valence-corrected chi connectivity index (χ2v) is 4.30. The molecular formula is C14H16N4O. The van der Waals surface area contributed by atoms with Crippen molar-refractivity contribution in [2.75, 3.05) is 19.3 Å².